The largest absolute Gasteiger partial charge is 0.494 e. The molecule has 1 aromatic carbocycles. The van der Waals surface area contributed by atoms with Crippen molar-refractivity contribution in [1.29, 1.82) is 0 Å². The van der Waals surface area contributed by atoms with Crippen LogP contribution in [0.15, 0.2) is 36.7 Å². The lowest BCUT2D eigenvalue weighted by molar-refractivity contribution is -0.0448. The fourth-order valence-electron chi connectivity index (χ4n) is 4.00. The quantitative estimate of drug-likeness (QED) is 0.897. The summed E-state index contributed by atoms with van der Waals surface area (Å²) in [5.74, 6) is 0.861. The second-order valence-corrected chi connectivity index (χ2v) is 6.84. The van der Waals surface area contributed by atoms with Crippen LogP contribution < -0.4 is 4.74 Å². The van der Waals surface area contributed by atoms with Gasteiger partial charge in [-0.2, -0.15) is 5.10 Å². The number of ether oxygens (including phenoxy) is 2. The highest BCUT2D eigenvalue weighted by Crippen LogP contribution is 2.34. The van der Waals surface area contributed by atoms with Crippen LogP contribution in [0.4, 0.5) is 0 Å². The number of rotatable bonds is 4. The summed E-state index contributed by atoms with van der Waals surface area (Å²) in [6, 6.07) is 7.58. The van der Waals surface area contributed by atoms with Crippen LogP contribution in [-0.2, 0) is 4.74 Å². The Morgan fingerprint density at radius 3 is 3.04 bits per heavy atom. The zero-order valence-electron chi connectivity index (χ0n) is 14.7. The van der Waals surface area contributed by atoms with Crippen LogP contribution in [0.25, 0.3) is 5.69 Å². The van der Waals surface area contributed by atoms with E-state index in [4.69, 9.17) is 9.47 Å². The number of aliphatic hydroxyl groups is 1. The van der Waals surface area contributed by atoms with E-state index in [1.165, 1.54) is 0 Å². The molecule has 7 heteroatoms. The molecule has 4 rings (SSSR count). The fourth-order valence-corrected chi connectivity index (χ4v) is 4.00. The Labute approximate surface area is 152 Å². The highest BCUT2D eigenvalue weighted by atomic mass is 16.5. The molecule has 1 saturated heterocycles. The molecule has 2 aromatic rings. The Kier molecular flexibility index (Phi) is 4.65. The Bertz CT molecular complexity index is 791. The number of carbonyl (C=O) groups is 1. The van der Waals surface area contributed by atoms with Crippen molar-refractivity contribution in [3.8, 4) is 11.4 Å². The summed E-state index contributed by atoms with van der Waals surface area (Å²) in [5, 5.41) is 13.8. The number of hydrogen-bond acceptors (Lipinski definition) is 5. The van der Waals surface area contributed by atoms with Gasteiger partial charge in [0.25, 0.3) is 5.91 Å². The molecule has 0 bridgehead atoms. The van der Waals surface area contributed by atoms with E-state index < -0.39 is 0 Å². The van der Waals surface area contributed by atoms with Crippen LogP contribution in [-0.4, -0.2) is 64.7 Å². The van der Waals surface area contributed by atoms with Crippen molar-refractivity contribution in [2.24, 2.45) is 5.92 Å². The molecule has 2 heterocycles. The molecule has 2 aliphatic rings. The number of benzene rings is 1. The highest BCUT2D eigenvalue weighted by Gasteiger charge is 2.42. The van der Waals surface area contributed by atoms with Crippen LogP contribution in [0.2, 0.25) is 0 Å². The first-order valence-corrected chi connectivity index (χ1v) is 8.92. The molecule has 3 atom stereocenters. The van der Waals surface area contributed by atoms with E-state index >= 15 is 0 Å². The molecule has 1 aliphatic carbocycles. The Morgan fingerprint density at radius 2 is 2.23 bits per heavy atom. The van der Waals surface area contributed by atoms with Gasteiger partial charge in [-0.15, -0.1) is 0 Å². The Balaban J connectivity index is 1.56. The number of fused-ring (bicyclic) bond motifs is 1. The van der Waals surface area contributed by atoms with Crippen LogP contribution in [0.1, 0.15) is 23.2 Å². The van der Waals surface area contributed by atoms with Gasteiger partial charge in [-0.05, 0) is 30.9 Å². The number of amides is 1. The first kappa shape index (κ1) is 17.1. The number of hydrogen-bond donors (Lipinski definition) is 1. The minimum Gasteiger partial charge on any atom is -0.494 e. The number of methoxy groups -OCH3 is 1. The van der Waals surface area contributed by atoms with Gasteiger partial charge in [-0.1, -0.05) is 12.1 Å². The molecule has 0 radical (unpaired) electrons. The van der Waals surface area contributed by atoms with E-state index in [1.807, 2.05) is 29.2 Å². The van der Waals surface area contributed by atoms with Crippen molar-refractivity contribution < 1.29 is 19.4 Å². The number of para-hydroxylation sites is 2. The van der Waals surface area contributed by atoms with E-state index in [1.54, 1.807) is 24.2 Å². The van der Waals surface area contributed by atoms with Gasteiger partial charge in [0.15, 0.2) is 0 Å². The van der Waals surface area contributed by atoms with E-state index in [0.717, 1.165) is 18.5 Å². The number of nitrogens with zero attached hydrogens (tertiary/aromatic N) is 3. The van der Waals surface area contributed by atoms with Crippen molar-refractivity contribution in [2.75, 3.05) is 26.9 Å². The minimum atomic E-state index is -0.0389. The van der Waals surface area contributed by atoms with Gasteiger partial charge < -0.3 is 19.5 Å². The van der Waals surface area contributed by atoms with Gasteiger partial charge in [0.05, 0.1) is 37.6 Å². The standard InChI is InChI=1S/C19H23N3O4/c1-25-17-5-3-2-4-15(17)22-11-14(10-20-22)19(24)21-6-7-26-18-9-13(12-23)8-16(18)21/h2-5,10-11,13,16,18,23H,6-9,12H2,1H3/t13-,16+,18?/m1/s1. The van der Waals surface area contributed by atoms with Crippen molar-refractivity contribution in [3.05, 3.63) is 42.2 Å². The third-order valence-electron chi connectivity index (χ3n) is 5.31. The van der Waals surface area contributed by atoms with Gasteiger partial charge in [0.2, 0.25) is 0 Å². The van der Waals surface area contributed by atoms with E-state index in [2.05, 4.69) is 5.10 Å². The number of aromatic nitrogens is 2. The summed E-state index contributed by atoms with van der Waals surface area (Å²) >= 11 is 0. The molecule has 1 N–H and O–H groups in total. The lowest BCUT2D eigenvalue weighted by atomic mass is 10.1. The number of aliphatic hydroxyl groups excluding tert-OH is 1. The molecule has 0 spiro atoms. The summed E-state index contributed by atoms with van der Waals surface area (Å²) in [4.78, 5) is 14.9. The fraction of sp³-hybridized carbons (Fsp3) is 0.474. The van der Waals surface area contributed by atoms with Gasteiger partial charge in [0.1, 0.15) is 11.4 Å². The molecule has 2 fully saturated rings. The van der Waals surface area contributed by atoms with Crippen LogP contribution in [0.3, 0.4) is 0 Å². The third kappa shape index (κ3) is 2.97. The normalized spacial score (nSPS) is 25.2. The lowest BCUT2D eigenvalue weighted by Gasteiger charge is -2.37. The summed E-state index contributed by atoms with van der Waals surface area (Å²) < 4.78 is 12.8. The molecule has 26 heavy (non-hydrogen) atoms. The lowest BCUT2D eigenvalue weighted by Crippen LogP contribution is -2.51. The van der Waals surface area contributed by atoms with Crippen LogP contribution >= 0.6 is 0 Å². The van der Waals surface area contributed by atoms with E-state index in [9.17, 15) is 9.90 Å². The summed E-state index contributed by atoms with van der Waals surface area (Å²) in [5.41, 5.74) is 1.33. The topological polar surface area (TPSA) is 76.8 Å². The van der Waals surface area contributed by atoms with Crippen molar-refractivity contribution in [3.63, 3.8) is 0 Å². The second-order valence-electron chi connectivity index (χ2n) is 6.84. The molecule has 1 amide bonds. The first-order chi connectivity index (χ1) is 12.7. The van der Waals surface area contributed by atoms with E-state index in [0.29, 0.717) is 24.5 Å². The zero-order chi connectivity index (χ0) is 18.1. The van der Waals surface area contributed by atoms with Crippen LogP contribution in [0.5, 0.6) is 5.75 Å². The number of morpholine rings is 1. The summed E-state index contributed by atoms with van der Waals surface area (Å²) in [6.45, 7) is 1.24. The number of carbonyl (C=O) groups excluding carboxylic acids is 1. The van der Waals surface area contributed by atoms with Crippen molar-refractivity contribution >= 4 is 5.91 Å². The predicted octanol–water partition coefficient (Wildman–Crippen LogP) is 1.49. The van der Waals surface area contributed by atoms with Crippen LogP contribution in [0, 0.1) is 5.92 Å². The Hall–Kier alpha value is -2.38. The van der Waals surface area contributed by atoms with Gasteiger partial charge >= 0.3 is 0 Å². The molecule has 1 aromatic heterocycles. The maximum absolute atomic E-state index is 13.1. The molecule has 1 saturated carbocycles. The monoisotopic (exact) mass is 357 g/mol. The predicted molar refractivity (Wildman–Crippen MR) is 94.5 cm³/mol. The first-order valence-electron chi connectivity index (χ1n) is 8.92. The molecule has 138 valence electrons. The molecular formula is C19H23N3O4. The van der Waals surface area contributed by atoms with Gasteiger partial charge in [-0.3, -0.25) is 4.79 Å². The molecule has 1 unspecified atom stereocenters. The maximum Gasteiger partial charge on any atom is 0.257 e. The molecular weight excluding hydrogens is 334 g/mol. The average molecular weight is 357 g/mol. The maximum atomic E-state index is 13.1. The van der Waals surface area contributed by atoms with Gasteiger partial charge in [0, 0.05) is 19.3 Å². The summed E-state index contributed by atoms with van der Waals surface area (Å²) in [6.07, 6.45) is 4.95. The van der Waals surface area contributed by atoms with Crippen molar-refractivity contribution in [1.82, 2.24) is 14.7 Å². The Morgan fingerprint density at radius 1 is 1.38 bits per heavy atom. The minimum absolute atomic E-state index is 0.0223. The zero-order valence-corrected chi connectivity index (χ0v) is 14.7. The highest BCUT2D eigenvalue weighted by molar-refractivity contribution is 5.94. The van der Waals surface area contributed by atoms with Crippen molar-refractivity contribution in [2.45, 2.75) is 25.0 Å². The average Bonchev–Trinajstić information content (AvgIpc) is 3.33. The smallest absolute Gasteiger partial charge is 0.257 e. The second kappa shape index (κ2) is 7.09. The molecule has 7 nitrogen and oxygen atoms in total. The third-order valence-corrected chi connectivity index (χ3v) is 5.31. The van der Waals surface area contributed by atoms with E-state index in [-0.39, 0.29) is 30.6 Å². The SMILES string of the molecule is COc1ccccc1-n1cc(C(=O)N2CCOC3C[C@H](CO)C[C@@H]32)cn1. The summed E-state index contributed by atoms with van der Waals surface area (Å²) in [7, 11) is 1.61. The molecule has 1 aliphatic heterocycles. The van der Waals surface area contributed by atoms with Gasteiger partial charge in [-0.25, -0.2) is 4.68 Å².